The molecular weight excluding hydrogens is 292 g/mol. The van der Waals surface area contributed by atoms with Crippen LogP contribution in [0.1, 0.15) is 11.6 Å². The summed E-state index contributed by atoms with van der Waals surface area (Å²) in [6.07, 6.45) is 7.51. The molecule has 8 nitrogen and oxygen atoms in total. The van der Waals surface area contributed by atoms with Crippen LogP contribution in [0.2, 0.25) is 0 Å². The third-order valence-electron chi connectivity index (χ3n) is 4.28. The Morgan fingerprint density at radius 1 is 1.13 bits per heavy atom. The molecule has 2 aromatic rings. The predicted molar refractivity (Wildman–Crippen MR) is 88.2 cm³/mol. The summed E-state index contributed by atoms with van der Waals surface area (Å²) in [5.74, 6) is 0.738. The molecule has 3 heterocycles. The fourth-order valence-corrected chi connectivity index (χ4v) is 3.06. The van der Waals surface area contributed by atoms with E-state index in [0.29, 0.717) is 12.1 Å². The monoisotopic (exact) mass is 316 g/mol. The first kappa shape index (κ1) is 15.8. The van der Waals surface area contributed by atoms with Crippen molar-refractivity contribution >= 4 is 5.95 Å². The lowest BCUT2D eigenvalue weighted by atomic mass is 10.1. The van der Waals surface area contributed by atoms with E-state index in [1.807, 2.05) is 42.3 Å². The number of nitrogens with zero attached hydrogens (tertiary/aromatic N) is 8. The second-order valence-corrected chi connectivity index (χ2v) is 6.46. The van der Waals surface area contributed by atoms with Crippen molar-refractivity contribution in [2.75, 3.05) is 46.2 Å². The van der Waals surface area contributed by atoms with Crippen LogP contribution in [0.4, 0.5) is 5.95 Å². The molecule has 3 rings (SSSR count). The highest BCUT2D eigenvalue weighted by atomic mass is 15.5. The molecule has 0 amide bonds. The van der Waals surface area contributed by atoms with Gasteiger partial charge in [0, 0.05) is 63.9 Å². The average Bonchev–Trinajstić information content (AvgIpc) is 3.16. The molecule has 0 saturated carbocycles. The van der Waals surface area contributed by atoms with Crippen LogP contribution in [-0.4, -0.2) is 82.1 Å². The smallest absolute Gasteiger partial charge is 0.224 e. The van der Waals surface area contributed by atoms with E-state index in [0.717, 1.165) is 31.1 Å². The molecular formula is C15H24N8. The van der Waals surface area contributed by atoms with Gasteiger partial charge in [-0.25, -0.2) is 14.6 Å². The van der Waals surface area contributed by atoms with Gasteiger partial charge in [0.2, 0.25) is 5.95 Å². The summed E-state index contributed by atoms with van der Waals surface area (Å²) >= 11 is 0. The van der Waals surface area contributed by atoms with Crippen molar-refractivity contribution < 1.29 is 0 Å². The van der Waals surface area contributed by atoms with Crippen molar-refractivity contribution in [3.63, 3.8) is 0 Å². The highest BCUT2D eigenvalue weighted by Gasteiger charge is 2.35. The Labute approximate surface area is 136 Å². The first-order chi connectivity index (χ1) is 11.0. The highest BCUT2D eigenvalue weighted by Crippen LogP contribution is 2.25. The van der Waals surface area contributed by atoms with Gasteiger partial charge in [-0.3, -0.25) is 4.90 Å². The Morgan fingerprint density at radius 2 is 1.87 bits per heavy atom. The second-order valence-electron chi connectivity index (χ2n) is 6.46. The first-order valence-corrected chi connectivity index (χ1v) is 7.77. The van der Waals surface area contributed by atoms with Gasteiger partial charge in [0.15, 0.2) is 0 Å². The molecule has 0 unspecified atom stereocenters. The standard InChI is InChI=1S/C15H24N8/c1-20(2)13-10-22(11-14(13)23-6-5-18-19-23)9-12-7-16-15(17-8-12)21(3)4/h5-8,13-14H,9-11H2,1-4H3/t13-,14+/m1/s1. The lowest BCUT2D eigenvalue weighted by Crippen LogP contribution is -2.36. The zero-order chi connectivity index (χ0) is 16.4. The second kappa shape index (κ2) is 6.59. The fourth-order valence-electron chi connectivity index (χ4n) is 3.06. The number of likely N-dealkylation sites (tertiary alicyclic amines) is 1. The van der Waals surface area contributed by atoms with Gasteiger partial charge < -0.3 is 9.80 Å². The minimum absolute atomic E-state index is 0.314. The quantitative estimate of drug-likeness (QED) is 0.776. The van der Waals surface area contributed by atoms with Gasteiger partial charge in [-0.2, -0.15) is 0 Å². The largest absolute Gasteiger partial charge is 0.347 e. The third kappa shape index (κ3) is 3.48. The number of aromatic nitrogens is 5. The maximum atomic E-state index is 4.39. The molecule has 124 valence electrons. The number of rotatable bonds is 5. The van der Waals surface area contributed by atoms with Crippen LogP contribution in [-0.2, 0) is 6.54 Å². The van der Waals surface area contributed by atoms with Crippen molar-refractivity contribution in [3.8, 4) is 0 Å². The Balaban J connectivity index is 1.69. The normalized spacial score (nSPS) is 22.0. The van der Waals surface area contributed by atoms with Crippen molar-refractivity contribution in [2.45, 2.75) is 18.6 Å². The molecule has 1 aliphatic heterocycles. The van der Waals surface area contributed by atoms with Gasteiger partial charge in [-0.1, -0.05) is 5.21 Å². The van der Waals surface area contributed by atoms with Gasteiger partial charge in [0.05, 0.1) is 12.2 Å². The van der Waals surface area contributed by atoms with E-state index in [9.17, 15) is 0 Å². The number of anilines is 1. The molecule has 0 radical (unpaired) electrons. The summed E-state index contributed by atoms with van der Waals surface area (Å²) in [4.78, 5) is 15.4. The lowest BCUT2D eigenvalue weighted by molar-refractivity contribution is 0.237. The Kier molecular flexibility index (Phi) is 4.53. The van der Waals surface area contributed by atoms with E-state index in [4.69, 9.17) is 0 Å². The van der Waals surface area contributed by atoms with Crippen LogP contribution >= 0.6 is 0 Å². The number of hydrogen-bond donors (Lipinski definition) is 0. The maximum Gasteiger partial charge on any atom is 0.224 e. The van der Waals surface area contributed by atoms with E-state index in [2.05, 4.69) is 44.2 Å². The molecule has 2 aromatic heterocycles. The number of hydrogen-bond acceptors (Lipinski definition) is 7. The molecule has 0 bridgehead atoms. The zero-order valence-corrected chi connectivity index (χ0v) is 14.2. The molecule has 23 heavy (non-hydrogen) atoms. The molecule has 8 heteroatoms. The van der Waals surface area contributed by atoms with E-state index in [-0.39, 0.29) is 0 Å². The van der Waals surface area contributed by atoms with E-state index in [1.54, 1.807) is 6.20 Å². The molecule has 0 aliphatic carbocycles. The third-order valence-corrected chi connectivity index (χ3v) is 4.28. The maximum absolute atomic E-state index is 4.39. The summed E-state index contributed by atoms with van der Waals surface area (Å²) in [6.45, 7) is 2.79. The number of likely N-dealkylation sites (N-methyl/N-ethyl adjacent to an activating group) is 1. The van der Waals surface area contributed by atoms with Crippen molar-refractivity contribution in [1.29, 1.82) is 0 Å². The first-order valence-electron chi connectivity index (χ1n) is 7.77. The molecule has 0 N–H and O–H groups in total. The highest BCUT2D eigenvalue weighted by molar-refractivity contribution is 5.26. The summed E-state index contributed by atoms with van der Waals surface area (Å²) in [7, 11) is 8.12. The predicted octanol–water partition coefficient (Wildman–Crippen LogP) is 0.121. The van der Waals surface area contributed by atoms with Gasteiger partial charge in [-0.15, -0.1) is 5.10 Å². The molecule has 1 fully saturated rings. The Morgan fingerprint density at radius 3 is 2.43 bits per heavy atom. The topological polar surface area (TPSA) is 66.2 Å². The molecule has 2 atom stereocenters. The lowest BCUT2D eigenvalue weighted by Gasteiger charge is -2.24. The van der Waals surface area contributed by atoms with E-state index >= 15 is 0 Å². The van der Waals surface area contributed by atoms with Gasteiger partial charge >= 0.3 is 0 Å². The zero-order valence-electron chi connectivity index (χ0n) is 14.2. The summed E-state index contributed by atoms with van der Waals surface area (Å²) in [5.41, 5.74) is 1.13. The van der Waals surface area contributed by atoms with Crippen molar-refractivity contribution in [3.05, 3.63) is 30.4 Å². The Bertz CT molecular complexity index is 607. The molecule has 0 aromatic carbocycles. The molecule has 0 spiro atoms. The van der Waals surface area contributed by atoms with Crippen LogP contribution in [0, 0.1) is 0 Å². The molecule has 1 aliphatic rings. The van der Waals surface area contributed by atoms with Crippen LogP contribution in [0.5, 0.6) is 0 Å². The minimum Gasteiger partial charge on any atom is -0.347 e. The van der Waals surface area contributed by atoms with E-state index < -0.39 is 0 Å². The van der Waals surface area contributed by atoms with Gasteiger partial charge in [0.1, 0.15) is 0 Å². The van der Waals surface area contributed by atoms with Gasteiger partial charge in [0.25, 0.3) is 0 Å². The SMILES string of the molecule is CN(C)c1ncc(CN2C[C@@H](N(C)C)[C@@H](n3ccnn3)C2)cn1. The average molecular weight is 316 g/mol. The summed E-state index contributed by atoms with van der Waals surface area (Å²) < 4.78 is 1.97. The summed E-state index contributed by atoms with van der Waals surface area (Å²) in [6, 6.07) is 0.730. The van der Waals surface area contributed by atoms with Crippen molar-refractivity contribution in [1.82, 2.24) is 34.8 Å². The van der Waals surface area contributed by atoms with E-state index in [1.165, 1.54) is 0 Å². The van der Waals surface area contributed by atoms with Crippen LogP contribution in [0.25, 0.3) is 0 Å². The van der Waals surface area contributed by atoms with Crippen LogP contribution in [0.15, 0.2) is 24.8 Å². The Hall–Kier alpha value is -2.06. The van der Waals surface area contributed by atoms with Crippen molar-refractivity contribution in [2.24, 2.45) is 0 Å². The fraction of sp³-hybridized carbons (Fsp3) is 0.600. The molecule has 1 saturated heterocycles. The van der Waals surface area contributed by atoms with Gasteiger partial charge in [-0.05, 0) is 14.1 Å². The van der Waals surface area contributed by atoms with Crippen LogP contribution < -0.4 is 4.90 Å². The van der Waals surface area contributed by atoms with Crippen LogP contribution in [0.3, 0.4) is 0 Å². The summed E-state index contributed by atoms with van der Waals surface area (Å²) in [5, 5.41) is 8.13. The minimum atomic E-state index is 0.314.